The molecule has 0 spiro atoms. The standard InChI is InChI=1S/C17H13ClN4/c1-11-9-20-5-4-12(11)10-21-17-6-13(8-19)15-7-14(18)2-3-16(15)22-17/h2-7,9H,10H2,1H3,(H,21,22). The number of aryl methyl sites for hydroxylation is 1. The number of halogens is 1. The Labute approximate surface area is 133 Å². The average Bonchev–Trinajstić information content (AvgIpc) is 2.53. The summed E-state index contributed by atoms with van der Waals surface area (Å²) in [6.45, 7) is 2.64. The van der Waals surface area contributed by atoms with Gasteiger partial charge in [0.1, 0.15) is 5.82 Å². The van der Waals surface area contributed by atoms with Crippen molar-refractivity contribution in [2.75, 3.05) is 5.32 Å². The van der Waals surface area contributed by atoms with E-state index in [1.54, 1.807) is 24.4 Å². The van der Waals surface area contributed by atoms with Crippen LogP contribution in [0.3, 0.4) is 0 Å². The molecular formula is C17H13ClN4. The van der Waals surface area contributed by atoms with Crippen LogP contribution in [0.1, 0.15) is 16.7 Å². The fraction of sp³-hybridized carbons (Fsp3) is 0.118. The Kier molecular flexibility index (Phi) is 3.90. The van der Waals surface area contributed by atoms with E-state index in [0.29, 0.717) is 22.9 Å². The summed E-state index contributed by atoms with van der Waals surface area (Å²) in [4.78, 5) is 8.61. The summed E-state index contributed by atoms with van der Waals surface area (Å²) in [5, 5.41) is 13.9. The molecule has 1 aromatic carbocycles. The van der Waals surface area contributed by atoms with Crippen LogP contribution in [0.2, 0.25) is 5.02 Å². The number of hydrogen-bond acceptors (Lipinski definition) is 4. The van der Waals surface area contributed by atoms with Crippen LogP contribution in [-0.2, 0) is 6.54 Å². The lowest BCUT2D eigenvalue weighted by molar-refractivity contribution is 1.07. The zero-order chi connectivity index (χ0) is 15.5. The van der Waals surface area contributed by atoms with Crippen molar-refractivity contribution in [3.05, 3.63) is 64.4 Å². The van der Waals surface area contributed by atoms with Crippen LogP contribution in [0.25, 0.3) is 10.9 Å². The third kappa shape index (κ3) is 2.85. The van der Waals surface area contributed by atoms with E-state index < -0.39 is 0 Å². The zero-order valence-corrected chi connectivity index (χ0v) is 12.7. The molecule has 1 N–H and O–H groups in total. The molecule has 0 radical (unpaired) electrons. The molecule has 4 nitrogen and oxygen atoms in total. The van der Waals surface area contributed by atoms with Crippen LogP contribution in [0.15, 0.2) is 42.7 Å². The van der Waals surface area contributed by atoms with Crippen LogP contribution in [-0.4, -0.2) is 9.97 Å². The number of aromatic nitrogens is 2. The maximum Gasteiger partial charge on any atom is 0.128 e. The number of nitrogens with one attached hydrogen (secondary N) is 1. The minimum atomic E-state index is 0.557. The van der Waals surface area contributed by atoms with E-state index in [9.17, 15) is 5.26 Å². The molecule has 0 unspecified atom stereocenters. The van der Waals surface area contributed by atoms with E-state index in [1.165, 1.54) is 0 Å². The monoisotopic (exact) mass is 308 g/mol. The van der Waals surface area contributed by atoms with Gasteiger partial charge in [-0.05, 0) is 48.4 Å². The van der Waals surface area contributed by atoms with Gasteiger partial charge in [-0.3, -0.25) is 4.98 Å². The predicted molar refractivity (Wildman–Crippen MR) is 87.8 cm³/mol. The first kappa shape index (κ1) is 14.3. The van der Waals surface area contributed by atoms with Gasteiger partial charge < -0.3 is 5.32 Å². The second kappa shape index (κ2) is 6.00. The summed E-state index contributed by atoms with van der Waals surface area (Å²) in [5.41, 5.74) is 3.56. The summed E-state index contributed by atoms with van der Waals surface area (Å²) in [7, 11) is 0. The molecule has 0 saturated heterocycles. The van der Waals surface area contributed by atoms with Crippen molar-refractivity contribution < 1.29 is 0 Å². The predicted octanol–water partition coefficient (Wildman–Crippen LogP) is 4.08. The highest BCUT2D eigenvalue weighted by Gasteiger charge is 2.07. The average molecular weight is 309 g/mol. The van der Waals surface area contributed by atoms with Crippen molar-refractivity contribution in [2.45, 2.75) is 13.5 Å². The number of pyridine rings is 2. The van der Waals surface area contributed by atoms with E-state index in [-0.39, 0.29) is 0 Å². The number of rotatable bonds is 3. The Morgan fingerprint density at radius 3 is 2.91 bits per heavy atom. The van der Waals surface area contributed by atoms with Gasteiger partial charge in [0.2, 0.25) is 0 Å². The number of anilines is 1. The first-order valence-electron chi connectivity index (χ1n) is 6.81. The lowest BCUT2D eigenvalue weighted by Crippen LogP contribution is -2.04. The molecule has 0 aliphatic carbocycles. The molecule has 5 heteroatoms. The number of benzene rings is 1. The Morgan fingerprint density at radius 1 is 1.27 bits per heavy atom. The van der Waals surface area contributed by atoms with Crippen LogP contribution in [0.4, 0.5) is 5.82 Å². The van der Waals surface area contributed by atoms with Gasteiger partial charge in [0.05, 0.1) is 17.1 Å². The van der Waals surface area contributed by atoms with Gasteiger partial charge in [-0.25, -0.2) is 4.98 Å². The van der Waals surface area contributed by atoms with Crippen molar-refractivity contribution in [2.24, 2.45) is 0 Å². The highest BCUT2D eigenvalue weighted by Crippen LogP contribution is 2.24. The summed E-state index contributed by atoms with van der Waals surface area (Å²) >= 11 is 5.99. The van der Waals surface area contributed by atoms with E-state index in [2.05, 4.69) is 21.4 Å². The molecular weight excluding hydrogens is 296 g/mol. The Morgan fingerprint density at radius 2 is 2.14 bits per heavy atom. The minimum Gasteiger partial charge on any atom is -0.366 e. The Bertz CT molecular complexity index is 883. The summed E-state index contributed by atoms with van der Waals surface area (Å²) in [6, 6.07) is 11.3. The van der Waals surface area contributed by atoms with Gasteiger partial charge in [0.15, 0.2) is 0 Å². The quantitative estimate of drug-likeness (QED) is 0.792. The maximum atomic E-state index is 9.32. The lowest BCUT2D eigenvalue weighted by atomic mass is 10.1. The normalized spacial score (nSPS) is 10.4. The van der Waals surface area contributed by atoms with E-state index >= 15 is 0 Å². The number of nitrogens with zero attached hydrogens (tertiary/aromatic N) is 3. The third-order valence-corrected chi connectivity index (χ3v) is 3.72. The van der Waals surface area contributed by atoms with Gasteiger partial charge in [-0.2, -0.15) is 5.26 Å². The molecule has 0 aliphatic rings. The fourth-order valence-electron chi connectivity index (χ4n) is 2.27. The van der Waals surface area contributed by atoms with Crippen molar-refractivity contribution >= 4 is 28.3 Å². The summed E-state index contributed by atoms with van der Waals surface area (Å²) in [6.07, 6.45) is 3.59. The van der Waals surface area contributed by atoms with Gasteiger partial charge in [-0.1, -0.05) is 11.6 Å². The van der Waals surface area contributed by atoms with Crippen molar-refractivity contribution in [3.63, 3.8) is 0 Å². The summed E-state index contributed by atoms with van der Waals surface area (Å²) in [5.74, 6) is 0.669. The second-order valence-electron chi connectivity index (χ2n) is 4.98. The topological polar surface area (TPSA) is 61.6 Å². The molecule has 3 aromatic rings. The molecule has 22 heavy (non-hydrogen) atoms. The number of nitriles is 1. The van der Waals surface area contributed by atoms with Crippen LogP contribution in [0.5, 0.6) is 0 Å². The van der Waals surface area contributed by atoms with Crippen LogP contribution in [0, 0.1) is 18.3 Å². The largest absolute Gasteiger partial charge is 0.366 e. The van der Waals surface area contributed by atoms with Gasteiger partial charge in [-0.15, -0.1) is 0 Å². The highest BCUT2D eigenvalue weighted by atomic mass is 35.5. The van der Waals surface area contributed by atoms with Crippen LogP contribution < -0.4 is 5.32 Å². The molecule has 108 valence electrons. The first-order valence-corrected chi connectivity index (χ1v) is 7.19. The fourth-order valence-corrected chi connectivity index (χ4v) is 2.44. The SMILES string of the molecule is Cc1cnccc1CNc1cc(C#N)c2cc(Cl)ccc2n1. The second-order valence-corrected chi connectivity index (χ2v) is 5.42. The maximum absolute atomic E-state index is 9.32. The van der Waals surface area contributed by atoms with Gasteiger partial charge >= 0.3 is 0 Å². The molecule has 0 saturated carbocycles. The Balaban J connectivity index is 1.93. The molecule has 0 atom stereocenters. The third-order valence-electron chi connectivity index (χ3n) is 3.49. The van der Waals surface area contributed by atoms with E-state index in [1.807, 2.05) is 25.3 Å². The van der Waals surface area contributed by atoms with Crippen LogP contribution >= 0.6 is 11.6 Å². The van der Waals surface area contributed by atoms with Crippen molar-refractivity contribution in [1.29, 1.82) is 5.26 Å². The van der Waals surface area contributed by atoms with Gasteiger partial charge in [0.25, 0.3) is 0 Å². The molecule has 0 fully saturated rings. The molecule has 3 rings (SSSR count). The van der Waals surface area contributed by atoms with Gasteiger partial charge in [0, 0.05) is 29.3 Å². The zero-order valence-electron chi connectivity index (χ0n) is 12.0. The van der Waals surface area contributed by atoms with E-state index in [0.717, 1.165) is 22.0 Å². The van der Waals surface area contributed by atoms with Crippen molar-refractivity contribution in [3.8, 4) is 6.07 Å². The number of fused-ring (bicyclic) bond motifs is 1. The highest BCUT2D eigenvalue weighted by molar-refractivity contribution is 6.31. The molecule has 2 heterocycles. The molecule has 0 bridgehead atoms. The number of hydrogen-bond donors (Lipinski definition) is 1. The minimum absolute atomic E-state index is 0.557. The summed E-state index contributed by atoms with van der Waals surface area (Å²) < 4.78 is 0. The lowest BCUT2D eigenvalue weighted by Gasteiger charge is -2.10. The first-order chi connectivity index (χ1) is 10.7. The Hall–Kier alpha value is -2.64. The molecule has 0 aliphatic heterocycles. The van der Waals surface area contributed by atoms with E-state index in [4.69, 9.17) is 11.6 Å². The molecule has 2 aromatic heterocycles. The smallest absolute Gasteiger partial charge is 0.128 e. The van der Waals surface area contributed by atoms with Crippen molar-refractivity contribution in [1.82, 2.24) is 9.97 Å². The molecule has 0 amide bonds.